The van der Waals surface area contributed by atoms with E-state index in [4.69, 9.17) is 9.47 Å². The number of carbonyl (C=O) groups excluding carboxylic acids is 1. The van der Waals surface area contributed by atoms with Crippen molar-refractivity contribution in [1.29, 1.82) is 0 Å². The fourth-order valence-corrected chi connectivity index (χ4v) is 2.77. The maximum atomic E-state index is 12.0. The standard InChI is InChI=1S/C18H26N2O3/c1-18(2,3)23-17(21)20-10-8-15(9-11-20)22-16-7-6-14(12-19-16)13-4-5-13/h6-7,12-13,15H,4-5,8-11H2,1-3H3. The Labute approximate surface area is 138 Å². The molecule has 1 aliphatic carbocycles. The van der Waals surface area contributed by atoms with Gasteiger partial charge in [0.05, 0.1) is 0 Å². The fourth-order valence-electron chi connectivity index (χ4n) is 2.77. The van der Waals surface area contributed by atoms with Crippen LogP contribution >= 0.6 is 0 Å². The molecule has 126 valence electrons. The molecule has 2 aliphatic rings. The van der Waals surface area contributed by atoms with Crippen molar-refractivity contribution < 1.29 is 14.3 Å². The Morgan fingerprint density at radius 1 is 1.17 bits per heavy atom. The highest BCUT2D eigenvalue weighted by Gasteiger charge is 2.28. The number of piperidine rings is 1. The van der Waals surface area contributed by atoms with Gasteiger partial charge in [0.2, 0.25) is 5.88 Å². The second-order valence-corrected chi connectivity index (χ2v) is 7.49. The van der Waals surface area contributed by atoms with Crippen molar-refractivity contribution in [3.05, 3.63) is 23.9 Å². The Morgan fingerprint density at radius 2 is 1.87 bits per heavy atom. The first-order valence-corrected chi connectivity index (χ1v) is 8.51. The van der Waals surface area contributed by atoms with Crippen LogP contribution in [0.1, 0.15) is 57.9 Å². The van der Waals surface area contributed by atoms with Gasteiger partial charge in [0.25, 0.3) is 0 Å². The molecular formula is C18H26N2O3. The number of hydrogen-bond acceptors (Lipinski definition) is 4. The van der Waals surface area contributed by atoms with Gasteiger partial charge in [0, 0.05) is 38.2 Å². The number of rotatable bonds is 3. The molecule has 1 saturated carbocycles. The molecule has 1 saturated heterocycles. The molecule has 0 aromatic carbocycles. The van der Waals surface area contributed by atoms with E-state index in [1.807, 2.05) is 33.0 Å². The summed E-state index contributed by atoms with van der Waals surface area (Å²) in [5.74, 6) is 1.40. The molecule has 23 heavy (non-hydrogen) atoms. The molecule has 0 bridgehead atoms. The summed E-state index contributed by atoms with van der Waals surface area (Å²) in [6.07, 6.45) is 6.01. The van der Waals surface area contributed by atoms with Crippen molar-refractivity contribution in [2.45, 2.75) is 64.1 Å². The lowest BCUT2D eigenvalue weighted by Crippen LogP contribution is -2.44. The number of aromatic nitrogens is 1. The Balaban J connectivity index is 1.46. The maximum Gasteiger partial charge on any atom is 0.410 e. The molecule has 1 aliphatic heterocycles. The molecule has 0 spiro atoms. The highest BCUT2D eigenvalue weighted by Crippen LogP contribution is 2.39. The van der Waals surface area contributed by atoms with Crippen LogP contribution in [0.4, 0.5) is 4.79 Å². The number of pyridine rings is 1. The van der Waals surface area contributed by atoms with E-state index in [-0.39, 0.29) is 12.2 Å². The summed E-state index contributed by atoms with van der Waals surface area (Å²) in [6, 6.07) is 4.09. The second kappa shape index (κ2) is 6.38. The van der Waals surface area contributed by atoms with Crippen molar-refractivity contribution in [1.82, 2.24) is 9.88 Å². The Bertz CT molecular complexity index is 538. The third-order valence-electron chi connectivity index (χ3n) is 4.19. The van der Waals surface area contributed by atoms with Crippen molar-refractivity contribution >= 4 is 6.09 Å². The van der Waals surface area contributed by atoms with E-state index in [2.05, 4.69) is 11.1 Å². The van der Waals surface area contributed by atoms with Crippen molar-refractivity contribution in [2.75, 3.05) is 13.1 Å². The summed E-state index contributed by atoms with van der Waals surface area (Å²) in [5.41, 5.74) is 0.870. The molecule has 0 N–H and O–H groups in total. The predicted molar refractivity (Wildman–Crippen MR) is 87.7 cm³/mol. The molecule has 1 amide bonds. The highest BCUT2D eigenvalue weighted by molar-refractivity contribution is 5.68. The van der Waals surface area contributed by atoms with Crippen LogP contribution in [0.5, 0.6) is 5.88 Å². The topological polar surface area (TPSA) is 51.7 Å². The van der Waals surface area contributed by atoms with Gasteiger partial charge in [-0.05, 0) is 45.1 Å². The molecule has 0 atom stereocenters. The number of amides is 1. The van der Waals surface area contributed by atoms with Gasteiger partial charge in [-0.1, -0.05) is 6.07 Å². The quantitative estimate of drug-likeness (QED) is 0.852. The molecule has 3 rings (SSSR count). The van der Waals surface area contributed by atoms with E-state index in [1.165, 1.54) is 18.4 Å². The van der Waals surface area contributed by atoms with Crippen LogP contribution < -0.4 is 4.74 Å². The van der Waals surface area contributed by atoms with Crippen LogP contribution in [-0.4, -0.2) is 40.8 Å². The van der Waals surface area contributed by atoms with Gasteiger partial charge in [0.1, 0.15) is 11.7 Å². The fraction of sp³-hybridized carbons (Fsp3) is 0.667. The number of hydrogen-bond donors (Lipinski definition) is 0. The summed E-state index contributed by atoms with van der Waals surface area (Å²) >= 11 is 0. The SMILES string of the molecule is CC(C)(C)OC(=O)N1CCC(Oc2ccc(C3CC3)cn2)CC1. The lowest BCUT2D eigenvalue weighted by Gasteiger charge is -2.33. The predicted octanol–water partition coefficient (Wildman–Crippen LogP) is 3.74. The lowest BCUT2D eigenvalue weighted by atomic mass is 10.1. The number of carbonyl (C=O) groups is 1. The minimum absolute atomic E-state index is 0.118. The molecule has 1 aromatic heterocycles. The molecule has 2 fully saturated rings. The Morgan fingerprint density at radius 3 is 2.39 bits per heavy atom. The van der Waals surface area contributed by atoms with Gasteiger partial charge in [-0.15, -0.1) is 0 Å². The van der Waals surface area contributed by atoms with E-state index in [0.717, 1.165) is 12.8 Å². The summed E-state index contributed by atoms with van der Waals surface area (Å²) in [7, 11) is 0. The van der Waals surface area contributed by atoms with E-state index < -0.39 is 5.60 Å². The first-order valence-electron chi connectivity index (χ1n) is 8.51. The van der Waals surface area contributed by atoms with E-state index in [9.17, 15) is 4.79 Å². The zero-order chi connectivity index (χ0) is 16.4. The first kappa shape index (κ1) is 16.1. The average molecular weight is 318 g/mol. The van der Waals surface area contributed by atoms with E-state index in [1.54, 1.807) is 4.90 Å². The molecule has 0 radical (unpaired) electrons. The normalized spacial score (nSPS) is 19.5. The summed E-state index contributed by atoms with van der Waals surface area (Å²) in [6.45, 7) is 6.99. The third kappa shape index (κ3) is 4.60. The van der Waals surface area contributed by atoms with Crippen molar-refractivity contribution in [3.63, 3.8) is 0 Å². The Kier molecular flexibility index (Phi) is 4.46. The zero-order valence-electron chi connectivity index (χ0n) is 14.2. The minimum atomic E-state index is -0.447. The minimum Gasteiger partial charge on any atom is -0.474 e. The molecule has 0 unspecified atom stereocenters. The van der Waals surface area contributed by atoms with Gasteiger partial charge >= 0.3 is 6.09 Å². The average Bonchev–Trinajstić information content (AvgIpc) is 3.32. The monoisotopic (exact) mass is 318 g/mol. The Hall–Kier alpha value is -1.78. The molecule has 2 heterocycles. The van der Waals surface area contributed by atoms with Gasteiger partial charge in [0.15, 0.2) is 0 Å². The first-order chi connectivity index (χ1) is 10.9. The zero-order valence-corrected chi connectivity index (χ0v) is 14.2. The van der Waals surface area contributed by atoms with Gasteiger partial charge in [-0.3, -0.25) is 0 Å². The highest BCUT2D eigenvalue weighted by atomic mass is 16.6. The van der Waals surface area contributed by atoms with Crippen LogP contribution in [0.25, 0.3) is 0 Å². The van der Waals surface area contributed by atoms with Crippen LogP contribution in [0, 0.1) is 0 Å². The van der Waals surface area contributed by atoms with Crippen LogP contribution in [0.3, 0.4) is 0 Å². The molecule has 1 aromatic rings. The smallest absolute Gasteiger partial charge is 0.410 e. The van der Waals surface area contributed by atoms with Gasteiger partial charge in [-0.2, -0.15) is 0 Å². The molecule has 5 heteroatoms. The molecular weight excluding hydrogens is 292 g/mol. The lowest BCUT2D eigenvalue weighted by molar-refractivity contribution is 0.0123. The third-order valence-corrected chi connectivity index (χ3v) is 4.19. The van der Waals surface area contributed by atoms with Gasteiger partial charge < -0.3 is 14.4 Å². The van der Waals surface area contributed by atoms with Crippen LogP contribution in [0.15, 0.2) is 18.3 Å². The maximum absolute atomic E-state index is 12.0. The summed E-state index contributed by atoms with van der Waals surface area (Å²) in [4.78, 5) is 18.2. The van der Waals surface area contributed by atoms with Crippen LogP contribution in [0.2, 0.25) is 0 Å². The summed E-state index contributed by atoms with van der Waals surface area (Å²) < 4.78 is 11.4. The molecule has 5 nitrogen and oxygen atoms in total. The van der Waals surface area contributed by atoms with Gasteiger partial charge in [-0.25, -0.2) is 9.78 Å². The largest absolute Gasteiger partial charge is 0.474 e. The van der Waals surface area contributed by atoms with Crippen molar-refractivity contribution in [3.8, 4) is 5.88 Å². The second-order valence-electron chi connectivity index (χ2n) is 7.49. The number of likely N-dealkylation sites (tertiary alicyclic amines) is 1. The van der Waals surface area contributed by atoms with E-state index in [0.29, 0.717) is 24.9 Å². The number of nitrogens with zero attached hydrogens (tertiary/aromatic N) is 2. The number of ether oxygens (including phenoxy) is 2. The van der Waals surface area contributed by atoms with Crippen molar-refractivity contribution in [2.24, 2.45) is 0 Å². The van der Waals surface area contributed by atoms with Crippen LogP contribution in [-0.2, 0) is 4.74 Å². The summed E-state index contributed by atoms with van der Waals surface area (Å²) in [5, 5.41) is 0. The van der Waals surface area contributed by atoms with E-state index >= 15 is 0 Å².